The molecule has 0 radical (unpaired) electrons. The molecule has 1 unspecified atom stereocenters. The molecule has 0 aromatic heterocycles. The molecule has 0 fully saturated rings. The molecule has 2 aromatic rings. The fraction of sp³-hybridized carbons (Fsp3) is 0.455. The summed E-state index contributed by atoms with van der Waals surface area (Å²) in [7, 11) is 0.860. The van der Waals surface area contributed by atoms with E-state index in [1.807, 2.05) is 19.1 Å². The first kappa shape index (κ1) is 21.5. The number of hydrogen-bond donors (Lipinski definition) is 1. The van der Waals surface area contributed by atoms with Gasteiger partial charge < -0.3 is 14.2 Å². The molecule has 3 rings (SSSR count). The van der Waals surface area contributed by atoms with Gasteiger partial charge in [-0.05, 0) is 73.1 Å². The van der Waals surface area contributed by atoms with Crippen molar-refractivity contribution in [2.45, 2.75) is 50.0 Å². The van der Waals surface area contributed by atoms with Crippen LogP contribution in [0.2, 0.25) is 0 Å². The van der Waals surface area contributed by atoms with Gasteiger partial charge in [-0.3, -0.25) is 0 Å². The summed E-state index contributed by atoms with van der Waals surface area (Å²) < 4.78 is 45.5. The van der Waals surface area contributed by atoms with E-state index in [9.17, 15) is 8.42 Å². The maximum atomic E-state index is 13.3. The summed E-state index contributed by atoms with van der Waals surface area (Å²) in [6.45, 7) is 1.94. The first-order valence-corrected chi connectivity index (χ1v) is 11.4. The lowest BCUT2D eigenvalue weighted by atomic mass is 9.92. The first-order valence-electron chi connectivity index (χ1n) is 9.87. The van der Waals surface area contributed by atoms with Crippen LogP contribution in [0.25, 0.3) is 0 Å². The van der Waals surface area contributed by atoms with Crippen LogP contribution in [0.15, 0.2) is 35.2 Å². The zero-order valence-corrected chi connectivity index (χ0v) is 18.3. The van der Waals surface area contributed by atoms with Gasteiger partial charge in [0.1, 0.15) is 10.6 Å². The molecule has 0 aliphatic heterocycles. The van der Waals surface area contributed by atoms with Gasteiger partial charge in [-0.2, -0.15) is 0 Å². The maximum absolute atomic E-state index is 13.3. The van der Waals surface area contributed by atoms with Crippen molar-refractivity contribution in [1.29, 1.82) is 0 Å². The highest BCUT2D eigenvalue weighted by molar-refractivity contribution is 7.89. The highest BCUT2D eigenvalue weighted by atomic mass is 32.2. The Balaban J connectivity index is 1.95. The van der Waals surface area contributed by atoms with E-state index in [0.717, 1.165) is 36.8 Å². The molecule has 0 saturated carbocycles. The molecule has 0 saturated heterocycles. The summed E-state index contributed by atoms with van der Waals surface area (Å²) in [5.74, 6) is 1.56. The third-order valence-corrected chi connectivity index (χ3v) is 6.93. The minimum Gasteiger partial charge on any atom is -0.495 e. The normalized spacial score (nSPS) is 14.8. The Morgan fingerprint density at radius 1 is 0.897 bits per heavy atom. The number of fused-ring (bicyclic) bond motifs is 1. The Morgan fingerprint density at radius 3 is 2.10 bits per heavy atom. The number of nitrogens with one attached hydrogen (secondary N) is 1. The summed E-state index contributed by atoms with van der Waals surface area (Å²) in [6, 6.07) is 8.68. The van der Waals surface area contributed by atoms with Gasteiger partial charge in [-0.15, -0.1) is 0 Å². The average molecular weight is 420 g/mol. The second-order valence-electron chi connectivity index (χ2n) is 7.18. The van der Waals surface area contributed by atoms with E-state index >= 15 is 0 Å². The fourth-order valence-corrected chi connectivity index (χ4v) is 5.33. The van der Waals surface area contributed by atoms with Crippen LogP contribution >= 0.6 is 0 Å². The van der Waals surface area contributed by atoms with Crippen LogP contribution in [0, 0.1) is 0 Å². The lowest BCUT2D eigenvalue weighted by Crippen LogP contribution is -2.29. The SMILES string of the molecule is CCC(NS(=O)(=O)c1cc2c(cc1OC)CCCC2)c1ccc(OC)c(OC)c1. The molecular formula is C22H29NO5S. The Morgan fingerprint density at radius 2 is 1.52 bits per heavy atom. The van der Waals surface area contributed by atoms with E-state index in [1.165, 1.54) is 12.7 Å². The first-order chi connectivity index (χ1) is 13.9. The molecule has 158 valence electrons. The molecule has 29 heavy (non-hydrogen) atoms. The quantitative estimate of drug-likeness (QED) is 0.700. The molecule has 0 amide bonds. The van der Waals surface area contributed by atoms with Crippen LogP contribution in [0.5, 0.6) is 17.2 Å². The van der Waals surface area contributed by atoms with Gasteiger partial charge in [0, 0.05) is 6.04 Å². The lowest BCUT2D eigenvalue weighted by molar-refractivity contribution is 0.354. The van der Waals surface area contributed by atoms with Crippen molar-refractivity contribution < 1.29 is 22.6 Å². The number of rotatable bonds is 8. The van der Waals surface area contributed by atoms with Crippen LogP contribution in [-0.4, -0.2) is 29.7 Å². The van der Waals surface area contributed by atoms with Gasteiger partial charge in [0.25, 0.3) is 0 Å². The smallest absolute Gasteiger partial charge is 0.244 e. The van der Waals surface area contributed by atoms with Gasteiger partial charge >= 0.3 is 0 Å². The molecule has 0 heterocycles. The zero-order valence-electron chi connectivity index (χ0n) is 17.4. The van der Waals surface area contributed by atoms with Gasteiger partial charge in [-0.1, -0.05) is 13.0 Å². The van der Waals surface area contributed by atoms with Gasteiger partial charge in [0.05, 0.1) is 21.3 Å². The van der Waals surface area contributed by atoms with Crippen molar-refractivity contribution >= 4 is 10.0 Å². The maximum Gasteiger partial charge on any atom is 0.244 e. The van der Waals surface area contributed by atoms with Crippen molar-refractivity contribution in [3.05, 3.63) is 47.0 Å². The predicted molar refractivity (Wildman–Crippen MR) is 113 cm³/mol. The minimum atomic E-state index is -3.78. The highest BCUT2D eigenvalue weighted by Gasteiger charge is 2.26. The summed E-state index contributed by atoms with van der Waals surface area (Å²) in [6.07, 6.45) is 4.65. The summed E-state index contributed by atoms with van der Waals surface area (Å²) in [4.78, 5) is 0.194. The van der Waals surface area contributed by atoms with Gasteiger partial charge in [-0.25, -0.2) is 13.1 Å². The number of benzene rings is 2. The van der Waals surface area contributed by atoms with Crippen LogP contribution in [-0.2, 0) is 22.9 Å². The van der Waals surface area contributed by atoms with Crippen molar-refractivity contribution in [3.8, 4) is 17.2 Å². The molecule has 1 aliphatic carbocycles. The summed E-state index contributed by atoms with van der Waals surface area (Å²) >= 11 is 0. The second kappa shape index (κ2) is 9.05. The van der Waals surface area contributed by atoms with Gasteiger partial charge in [0.15, 0.2) is 11.5 Å². The highest BCUT2D eigenvalue weighted by Crippen LogP contribution is 2.34. The second-order valence-corrected chi connectivity index (χ2v) is 8.86. The van der Waals surface area contributed by atoms with Crippen LogP contribution in [0.3, 0.4) is 0 Å². The molecular weight excluding hydrogens is 390 g/mol. The van der Waals surface area contributed by atoms with Crippen LogP contribution in [0.1, 0.15) is 48.9 Å². The number of ether oxygens (including phenoxy) is 3. The number of sulfonamides is 1. The molecule has 1 atom stereocenters. The molecule has 7 heteroatoms. The van der Waals surface area contributed by atoms with Crippen molar-refractivity contribution in [2.24, 2.45) is 0 Å². The number of methoxy groups -OCH3 is 3. The topological polar surface area (TPSA) is 73.9 Å². The summed E-state index contributed by atoms with van der Waals surface area (Å²) in [5, 5.41) is 0. The van der Waals surface area contributed by atoms with Gasteiger partial charge in [0.2, 0.25) is 10.0 Å². The Kier molecular flexibility index (Phi) is 6.70. The number of hydrogen-bond acceptors (Lipinski definition) is 5. The Hall–Kier alpha value is -2.25. The zero-order chi connectivity index (χ0) is 21.0. The van der Waals surface area contributed by atoms with E-state index in [4.69, 9.17) is 14.2 Å². The van der Waals surface area contributed by atoms with E-state index in [2.05, 4.69) is 4.72 Å². The largest absolute Gasteiger partial charge is 0.495 e. The Bertz CT molecular complexity index is 971. The van der Waals surface area contributed by atoms with E-state index in [1.54, 1.807) is 32.4 Å². The molecule has 0 spiro atoms. The number of aryl methyl sites for hydroxylation is 2. The van der Waals surface area contributed by atoms with Crippen LogP contribution in [0.4, 0.5) is 0 Å². The van der Waals surface area contributed by atoms with Crippen molar-refractivity contribution in [1.82, 2.24) is 4.72 Å². The molecule has 0 bridgehead atoms. The summed E-state index contributed by atoms with van der Waals surface area (Å²) in [5.41, 5.74) is 3.08. The average Bonchev–Trinajstić information content (AvgIpc) is 2.75. The van der Waals surface area contributed by atoms with E-state index < -0.39 is 16.1 Å². The third-order valence-electron chi connectivity index (χ3n) is 5.43. The van der Waals surface area contributed by atoms with Crippen molar-refractivity contribution in [3.63, 3.8) is 0 Å². The molecule has 2 aromatic carbocycles. The van der Waals surface area contributed by atoms with Crippen molar-refractivity contribution in [2.75, 3.05) is 21.3 Å². The lowest BCUT2D eigenvalue weighted by Gasteiger charge is -2.22. The third kappa shape index (κ3) is 4.51. The van der Waals surface area contributed by atoms with E-state index in [-0.39, 0.29) is 4.90 Å². The standard InChI is InChI=1S/C22H29NO5S/c1-5-18(17-10-11-19(26-2)20(13-17)27-3)23-29(24,25)22-14-16-9-7-6-8-15(16)12-21(22)28-4/h10-14,18,23H,5-9H2,1-4H3. The van der Waals surface area contributed by atoms with E-state index in [0.29, 0.717) is 23.7 Å². The predicted octanol–water partition coefficient (Wildman–Crippen LogP) is 4.02. The monoisotopic (exact) mass is 419 g/mol. The molecule has 1 aliphatic rings. The Labute approximate surface area is 173 Å². The van der Waals surface area contributed by atoms with Crippen LogP contribution < -0.4 is 18.9 Å². The fourth-order valence-electron chi connectivity index (χ4n) is 3.82. The molecule has 6 nitrogen and oxygen atoms in total. The molecule has 1 N–H and O–H groups in total. The minimum absolute atomic E-state index is 0.194.